The molecule has 0 aromatic heterocycles. The third-order valence-corrected chi connectivity index (χ3v) is 6.68. The average molecular weight is 542 g/mol. The fourth-order valence-electron chi connectivity index (χ4n) is 4.41. The molecule has 0 saturated carbocycles. The summed E-state index contributed by atoms with van der Waals surface area (Å²) in [4.78, 5) is 11.3. The van der Waals surface area contributed by atoms with Gasteiger partial charge in [-0.05, 0) is 60.4 Å². The molecule has 0 radical (unpaired) electrons. The fraction of sp³-hybridized carbons (Fsp3) is 0.345. The number of carbonyl (C=O) groups excluding carboxylic acids is 1. The Morgan fingerprint density at radius 2 is 1.71 bits per heavy atom. The van der Waals surface area contributed by atoms with E-state index in [0.29, 0.717) is 35.1 Å². The molecule has 1 saturated heterocycles. The third kappa shape index (κ3) is 6.83. The van der Waals surface area contributed by atoms with Gasteiger partial charge in [0.15, 0.2) is 0 Å². The summed E-state index contributed by atoms with van der Waals surface area (Å²) in [5, 5.41) is 35.2. The predicted octanol–water partition coefficient (Wildman–Crippen LogP) is 3.89. The molecule has 1 heterocycles. The first-order chi connectivity index (χ1) is 18.2. The molecule has 1 amide bonds. The number of aliphatic hydroxyl groups excluding tert-OH is 3. The first kappa shape index (κ1) is 27.9. The highest BCUT2D eigenvalue weighted by molar-refractivity contribution is 6.31. The maximum absolute atomic E-state index is 11.3. The number of hydrogen-bond acceptors (Lipinski definition) is 7. The number of ether oxygens (including phenoxy) is 3. The lowest BCUT2D eigenvalue weighted by Gasteiger charge is -2.40. The van der Waals surface area contributed by atoms with E-state index in [2.05, 4.69) is 5.32 Å². The highest BCUT2D eigenvalue weighted by atomic mass is 35.5. The summed E-state index contributed by atoms with van der Waals surface area (Å²) in [6, 6.07) is 19.8. The molecule has 3 aromatic carbocycles. The average Bonchev–Trinajstić information content (AvgIpc) is 2.89. The number of halogens is 1. The predicted molar refractivity (Wildman–Crippen MR) is 144 cm³/mol. The number of hydrogen-bond donors (Lipinski definition) is 4. The van der Waals surface area contributed by atoms with Crippen molar-refractivity contribution in [3.05, 3.63) is 88.4 Å². The van der Waals surface area contributed by atoms with E-state index < -0.39 is 30.5 Å². The van der Waals surface area contributed by atoms with Crippen molar-refractivity contribution in [1.82, 2.24) is 0 Å². The van der Waals surface area contributed by atoms with Crippen LogP contribution in [-0.2, 0) is 16.0 Å². The maximum atomic E-state index is 11.3. The van der Waals surface area contributed by atoms with Crippen LogP contribution in [0.2, 0.25) is 5.02 Å². The zero-order valence-electron chi connectivity index (χ0n) is 21.2. The van der Waals surface area contributed by atoms with Crippen molar-refractivity contribution in [3.63, 3.8) is 0 Å². The van der Waals surface area contributed by atoms with Crippen molar-refractivity contribution in [2.24, 2.45) is 0 Å². The first-order valence-corrected chi connectivity index (χ1v) is 12.8. The fourth-order valence-corrected chi connectivity index (χ4v) is 4.59. The van der Waals surface area contributed by atoms with Crippen molar-refractivity contribution >= 4 is 23.2 Å². The molecular weight excluding hydrogens is 510 g/mol. The number of carbonyl (C=O) groups is 1. The van der Waals surface area contributed by atoms with Gasteiger partial charge >= 0.3 is 0 Å². The lowest BCUT2D eigenvalue weighted by molar-refractivity contribution is -0.230. The molecule has 5 atom stereocenters. The van der Waals surface area contributed by atoms with Gasteiger partial charge in [0.1, 0.15) is 48.6 Å². The molecule has 0 bridgehead atoms. The van der Waals surface area contributed by atoms with Crippen molar-refractivity contribution in [3.8, 4) is 11.5 Å². The highest BCUT2D eigenvalue weighted by Gasteiger charge is 2.44. The Bertz CT molecular complexity index is 1240. The van der Waals surface area contributed by atoms with Crippen LogP contribution in [0, 0.1) is 0 Å². The Kier molecular flexibility index (Phi) is 9.25. The topological polar surface area (TPSA) is 117 Å². The van der Waals surface area contributed by atoms with Gasteiger partial charge in [-0.2, -0.15) is 0 Å². The number of nitrogens with one attached hydrogen (secondary N) is 1. The van der Waals surface area contributed by atoms with Gasteiger partial charge < -0.3 is 34.8 Å². The zero-order valence-corrected chi connectivity index (χ0v) is 22.0. The van der Waals surface area contributed by atoms with Crippen molar-refractivity contribution in [2.45, 2.75) is 50.8 Å². The zero-order chi connectivity index (χ0) is 27.2. The monoisotopic (exact) mass is 541 g/mol. The molecule has 1 aliphatic rings. The van der Waals surface area contributed by atoms with Gasteiger partial charge in [0.05, 0.1) is 6.61 Å². The summed E-state index contributed by atoms with van der Waals surface area (Å²) in [7, 11) is 0. The second kappa shape index (κ2) is 12.6. The Balaban J connectivity index is 1.48. The number of benzene rings is 3. The second-order valence-electron chi connectivity index (χ2n) is 9.19. The van der Waals surface area contributed by atoms with Crippen molar-refractivity contribution in [2.75, 3.05) is 18.5 Å². The van der Waals surface area contributed by atoms with E-state index >= 15 is 0 Å². The van der Waals surface area contributed by atoms with E-state index in [-0.39, 0.29) is 12.5 Å². The molecule has 1 aliphatic heterocycles. The van der Waals surface area contributed by atoms with Gasteiger partial charge in [-0.3, -0.25) is 4.79 Å². The van der Waals surface area contributed by atoms with Gasteiger partial charge in [-0.25, -0.2) is 0 Å². The SMILES string of the molecule is CCOc1ccc(Cc2cc([C@@H]3O[C@H](COc4cccc(NC(C)=O)c4)[C@H](O)[C@@H](O)[C@H]3O)ccc2Cl)cc1. The van der Waals surface area contributed by atoms with Crippen LogP contribution in [-0.4, -0.2) is 58.9 Å². The van der Waals surface area contributed by atoms with Crippen LogP contribution >= 0.6 is 11.6 Å². The summed E-state index contributed by atoms with van der Waals surface area (Å²) >= 11 is 6.48. The number of anilines is 1. The minimum atomic E-state index is -1.45. The highest BCUT2D eigenvalue weighted by Crippen LogP contribution is 2.35. The Morgan fingerprint density at radius 1 is 0.947 bits per heavy atom. The molecule has 202 valence electrons. The molecule has 4 N–H and O–H groups in total. The van der Waals surface area contributed by atoms with E-state index in [1.807, 2.05) is 37.3 Å². The van der Waals surface area contributed by atoms with Crippen molar-refractivity contribution in [1.29, 1.82) is 0 Å². The van der Waals surface area contributed by atoms with Crippen LogP contribution in [0.25, 0.3) is 0 Å². The summed E-state index contributed by atoms with van der Waals surface area (Å²) in [6.07, 6.45) is -5.46. The smallest absolute Gasteiger partial charge is 0.221 e. The van der Waals surface area contributed by atoms with Gasteiger partial charge in [0.2, 0.25) is 5.91 Å². The number of rotatable bonds is 9. The van der Waals surface area contributed by atoms with E-state index in [9.17, 15) is 20.1 Å². The minimum Gasteiger partial charge on any atom is -0.494 e. The molecule has 0 spiro atoms. The number of aliphatic hydroxyl groups is 3. The molecule has 38 heavy (non-hydrogen) atoms. The van der Waals surface area contributed by atoms with Gasteiger partial charge in [0, 0.05) is 23.7 Å². The Labute approximate surface area is 226 Å². The Morgan fingerprint density at radius 3 is 2.42 bits per heavy atom. The Hall–Kier alpha value is -3.14. The third-order valence-electron chi connectivity index (χ3n) is 6.31. The van der Waals surface area contributed by atoms with Crippen LogP contribution in [0.1, 0.15) is 36.6 Å². The summed E-state index contributed by atoms with van der Waals surface area (Å²) in [6.45, 7) is 3.84. The van der Waals surface area contributed by atoms with Crippen LogP contribution in [0.5, 0.6) is 11.5 Å². The molecular formula is C29H32ClNO7. The summed E-state index contributed by atoms with van der Waals surface area (Å²) in [5.41, 5.74) is 3.04. The van der Waals surface area contributed by atoms with Crippen LogP contribution in [0.4, 0.5) is 5.69 Å². The molecule has 3 aromatic rings. The van der Waals surface area contributed by atoms with Crippen LogP contribution < -0.4 is 14.8 Å². The molecule has 1 fully saturated rings. The molecule has 4 rings (SSSR count). The molecule has 0 aliphatic carbocycles. The van der Waals surface area contributed by atoms with E-state index in [1.54, 1.807) is 36.4 Å². The number of amides is 1. The van der Waals surface area contributed by atoms with E-state index in [4.69, 9.17) is 25.8 Å². The minimum absolute atomic E-state index is 0.0857. The van der Waals surface area contributed by atoms with E-state index in [1.165, 1.54) is 6.92 Å². The lowest BCUT2D eigenvalue weighted by atomic mass is 9.90. The van der Waals surface area contributed by atoms with Crippen molar-refractivity contribution < 1.29 is 34.3 Å². The lowest BCUT2D eigenvalue weighted by Crippen LogP contribution is -2.55. The second-order valence-corrected chi connectivity index (χ2v) is 9.60. The largest absolute Gasteiger partial charge is 0.494 e. The van der Waals surface area contributed by atoms with Crippen LogP contribution in [0.3, 0.4) is 0 Å². The summed E-state index contributed by atoms with van der Waals surface area (Å²) < 4.78 is 17.4. The quantitative estimate of drug-likeness (QED) is 0.324. The molecule has 9 heteroatoms. The molecule has 0 unspecified atom stereocenters. The van der Waals surface area contributed by atoms with Gasteiger partial charge in [-0.1, -0.05) is 41.9 Å². The van der Waals surface area contributed by atoms with Crippen LogP contribution in [0.15, 0.2) is 66.7 Å². The summed E-state index contributed by atoms with van der Waals surface area (Å²) in [5.74, 6) is 1.03. The molecule has 8 nitrogen and oxygen atoms in total. The standard InChI is InChI=1S/C29H32ClNO7/c1-3-36-22-10-7-18(8-11-22)13-20-14-19(9-12-24(20)30)29-28(35)27(34)26(33)25(38-29)16-37-23-6-4-5-21(15-23)31-17(2)32/h4-12,14-15,25-29,33-35H,3,13,16H2,1-2H3,(H,31,32)/t25-,26+,27-,28-,29+/m1/s1. The van der Waals surface area contributed by atoms with E-state index in [0.717, 1.165) is 16.9 Å². The van der Waals surface area contributed by atoms with Gasteiger partial charge in [-0.15, -0.1) is 0 Å². The normalized spacial score (nSPS) is 23.1. The van der Waals surface area contributed by atoms with Gasteiger partial charge in [0.25, 0.3) is 0 Å². The first-order valence-electron chi connectivity index (χ1n) is 12.4. The maximum Gasteiger partial charge on any atom is 0.221 e.